The Labute approximate surface area is 137 Å². The van der Waals surface area contributed by atoms with Crippen LogP contribution in [0.25, 0.3) is 10.9 Å². The van der Waals surface area contributed by atoms with Crippen LogP contribution < -0.4 is 5.32 Å². The Balaban J connectivity index is 2.02. The van der Waals surface area contributed by atoms with Gasteiger partial charge in [-0.1, -0.05) is 24.3 Å². The number of aromatic amines is 1. The third-order valence-corrected chi connectivity index (χ3v) is 3.51. The fourth-order valence-corrected chi connectivity index (χ4v) is 2.44. The number of benzene rings is 2. The van der Waals surface area contributed by atoms with Gasteiger partial charge in [0.15, 0.2) is 0 Å². The molecule has 0 saturated carbocycles. The Morgan fingerprint density at radius 3 is 2.71 bits per heavy atom. The summed E-state index contributed by atoms with van der Waals surface area (Å²) >= 11 is 0. The maximum Gasteiger partial charge on any atom is 0.356 e. The standard InChI is InChI=1S/C18H15FN2O3/c1-2-24-18(23)16-15(13-8-3-4-9-14(13)20-16)21-17(22)11-6-5-7-12(19)10-11/h3-10,20H,2H2,1H3,(H,21,22). The Morgan fingerprint density at radius 1 is 1.17 bits per heavy atom. The summed E-state index contributed by atoms with van der Waals surface area (Å²) in [5.74, 6) is -1.58. The number of nitrogens with one attached hydrogen (secondary N) is 2. The molecule has 0 bridgehead atoms. The van der Waals surface area contributed by atoms with Gasteiger partial charge in [0.25, 0.3) is 5.91 Å². The average molecular weight is 326 g/mol. The molecule has 1 amide bonds. The van der Waals surface area contributed by atoms with Crippen LogP contribution in [0.2, 0.25) is 0 Å². The number of rotatable bonds is 4. The first kappa shape index (κ1) is 15.7. The van der Waals surface area contributed by atoms with Crippen LogP contribution in [0.3, 0.4) is 0 Å². The van der Waals surface area contributed by atoms with Crippen molar-refractivity contribution in [3.05, 3.63) is 65.6 Å². The van der Waals surface area contributed by atoms with E-state index in [4.69, 9.17) is 4.74 Å². The van der Waals surface area contributed by atoms with E-state index >= 15 is 0 Å². The number of hydrogen-bond acceptors (Lipinski definition) is 3. The third kappa shape index (κ3) is 2.99. The van der Waals surface area contributed by atoms with Crippen molar-refractivity contribution in [1.29, 1.82) is 0 Å². The van der Waals surface area contributed by atoms with Gasteiger partial charge in [-0.3, -0.25) is 4.79 Å². The average Bonchev–Trinajstić information content (AvgIpc) is 2.94. The molecule has 6 heteroatoms. The molecular weight excluding hydrogens is 311 g/mol. The lowest BCUT2D eigenvalue weighted by molar-refractivity contribution is 0.0522. The summed E-state index contributed by atoms with van der Waals surface area (Å²) in [4.78, 5) is 27.5. The number of esters is 1. The Bertz CT molecular complexity index is 918. The van der Waals surface area contributed by atoms with Crippen molar-refractivity contribution in [2.45, 2.75) is 6.92 Å². The number of para-hydroxylation sites is 1. The van der Waals surface area contributed by atoms with Crippen molar-refractivity contribution >= 4 is 28.5 Å². The fourth-order valence-electron chi connectivity index (χ4n) is 2.44. The molecule has 0 aliphatic heterocycles. The zero-order valence-corrected chi connectivity index (χ0v) is 12.9. The molecule has 24 heavy (non-hydrogen) atoms. The van der Waals surface area contributed by atoms with Gasteiger partial charge >= 0.3 is 5.97 Å². The van der Waals surface area contributed by atoms with Crippen LogP contribution in [-0.2, 0) is 4.74 Å². The second-order valence-corrected chi connectivity index (χ2v) is 5.11. The molecule has 0 fully saturated rings. The number of carbonyl (C=O) groups excluding carboxylic acids is 2. The highest BCUT2D eigenvalue weighted by molar-refractivity contribution is 6.14. The number of ether oxygens (including phenoxy) is 1. The first-order valence-corrected chi connectivity index (χ1v) is 7.45. The minimum atomic E-state index is -0.566. The molecule has 1 aromatic heterocycles. The number of hydrogen-bond donors (Lipinski definition) is 2. The van der Waals surface area contributed by atoms with E-state index in [0.717, 1.165) is 6.07 Å². The molecule has 1 heterocycles. The topological polar surface area (TPSA) is 71.2 Å². The monoisotopic (exact) mass is 326 g/mol. The largest absolute Gasteiger partial charge is 0.461 e. The Morgan fingerprint density at radius 2 is 1.96 bits per heavy atom. The summed E-state index contributed by atoms with van der Waals surface area (Å²) in [6.45, 7) is 1.91. The van der Waals surface area contributed by atoms with Crippen molar-refractivity contribution in [1.82, 2.24) is 4.98 Å². The highest BCUT2D eigenvalue weighted by atomic mass is 19.1. The molecule has 3 aromatic rings. The summed E-state index contributed by atoms with van der Waals surface area (Å²) in [6, 6.07) is 12.5. The minimum absolute atomic E-state index is 0.155. The molecule has 0 aliphatic rings. The van der Waals surface area contributed by atoms with Gasteiger partial charge in [-0.15, -0.1) is 0 Å². The maximum absolute atomic E-state index is 13.3. The molecule has 0 unspecified atom stereocenters. The van der Waals surface area contributed by atoms with E-state index in [-0.39, 0.29) is 17.9 Å². The van der Waals surface area contributed by atoms with Crippen molar-refractivity contribution in [2.24, 2.45) is 0 Å². The van der Waals surface area contributed by atoms with Crippen molar-refractivity contribution in [3.8, 4) is 0 Å². The van der Waals surface area contributed by atoms with E-state index in [1.807, 2.05) is 6.07 Å². The first-order chi connectivity index (χ1) is 11.6. The molecular formula is C18H15FN2O3. The summed E-state index contributed by atoms with van der Waals surface area (Å²) in [6.07, 6.45) is 0. The molecule has 2 N–H and O–H groups in total. The van der Waals surface area contributed by atoms with E-state index in [9.17, 15) is 14.0 Å². The van der Waals surface area contributed by atoms with Crippen molar-refractivity contribution in [2.75, 3.05) is 11.9 Å². The fraction of sp³-hybridized carbons (Fsp3) is 0.111. The molecule has 0 spiro atoms. The highest BCUT2D eigenvalue weighted by Gasteiger charge is 2.21. The first-order valence-electron chi connectivity index (χ1n) is 7.45. The number of amides is 1. The SMILES string of the molecule is CCOC(=O)c1[nH]c2ccccc2c1NC(=O)c1cccc(F)c1. The number of aromatic nitrogens is 1. The predicted molar refractivity (Wildman–Crippen MR) is 88.6 cm³/mol. The van der Waals surface area contributed by atoms with Gasteiger partial charge in [0, 0.05) is 16.5 Å². The van der Waals surface area contributed by atoms with Crippen molar-refractivity contribution in [3.63, 3.8) is 0 Å². The van der Waals surface area contributed by atoms with Gasteiger partial charge in [0.05, 0.1) is 12.3 Å². The summed E-state index contributed by atoms with van der Waals surface area (Å²) < 4.78 is 18.3. The lowest BCUT2D eigenvalue weighted by Crippen LogP contribution is -2.15. The number of carbonyl (C=O) groups is 2. The highest BCUT2D eigenvalue weighted by Crippen LogP contribution is 2.28. The van der Waals surface area contributed by atoms with Crippen LogP contribution in [0.15, 0.2) is 48.5 Å². The lowest BCUT2D eigenvalue weighted by atomic mass is 10.1. The third-order valence-electron chi connectivity index (χ3n) is 3.51. The lowest BCUT2D eigenvalue weighted by Gasteiger charge is -2.07. The molecule has 122 valence electrons. The van der Waals surface area contributed by atoms with Gasteiger partial charge < -0.3 is 15.0 Å². The van der Waals surface area contributed by atoms with E-state index in [1.165, 1.54) is 18.2 Å². The zero-order valence-electron chi connectivity index (χ0n) is 12.9. The van der Waals surface area contributed by atoms with E-state index in [2.05, 4.69) is 10.3 Å². The van der Waals surface area contributed by atoms with Crippen LogP contribution in [0.5, 0.6) is 0 Å². The quantitative estimate of drug-likeness (QED) is 0.718. The summed E-state index contributed by atoms with van der Waals surface area (Å²) in [5, 5.41) is 3.35. The summed E-state index contributed by atoms with van der Waals surface area (Å²) in [7, 11) is 0. The van der Waals surface area contributed by atoms with Crippen LogP contribution in [0.1, 0.15) is 27.8 Å². The second-order valence-electron chi connectivity index (χ2n) is 5.11. The molecule has 0 saturated heterocycles. The Kier molecular flexibility index (Phi) is 4.29. The van der Waals surface area contributed by atoms with Crippen LogP contribution in [0.4, 0.5) is 10.1 Å². The smallest absolute Gasteiger partial charge is 0.356 e. The van der Waals surface area contributed by atoms with Gasteiger partial charge in [0.1, 0.15) is 11.5 Å². The molecule has 0 aliphatic carbocycles. The van der Waals surface area contributed by atoms with E-state index in [1.54, 1.807) is 25.1 Å². The maximum atomic E-state index is 13.3. The normalized spacial score (nSPS) is 10.6. The number of halogens is 1. The number of H-pyrrole nitrogens is 1. The van der Waals surface area contributed by atoms with Crippen molar-refractivity contribution < 1.29 is 18.7 Å². The van der Waals surface area contributed by atoms with Crippen LogP contribution in [-0.4, -0.2) is 23.5 Å². The van der Waals surface area contributed by atoms with Gasteiger partial charge in [0.2, 0.25) is 0 Å². The van der Waals surface area contributed by atoms with Crippen LogP contribution in [0, 0.1) is 5.82 Å². The minimum Gasteiger partial charge on any atom is -0.461 e. The number of anilines is 1. The zero-order chi connectivity index (χ0) is 17.1. The molecule has 3 rings (SSSR count). The molecule has 5 nitrogen and oxygen atoms in total. The van der Waals surface area contributed by atoms with E-state index in [0.29, 0.717) is 16.6 Å². The molecule has 0 radical (unpaired) electrons. The van der Waals surface area contributed by atoms with Gasteiger partial charge in [-0.2, -0.15) is 0 Å². The molecule has 0 atom stereocenters. The Hall–Kier alpha value is -3.15. The second kappa shape index (κ2) is 6.54. The predicted octanol–water partition coefficient (Wildman–Crippen LogP) is 3.74. The van der Waals surface area contributed by atoms with Gasteiger partial charge in [-0.25, -0.2) is 9.18 Å². The van der Waals surface area contributed by atoms with Gasteiger partial charge in [-0.05, 0) is 31.2 Å². The molecule has 2 aromatic carbocycles. The van der Waals surface area contributed by atoms with Crippen LogP contribution >= 0.6 is 0 Å². The van der Waals surface area contributed by atoms with E-state index < -0.39 is 17.7 Å². The number of fused-ring (bicyclic) bond motifs is 1. The summed E-state index contributed by atoms with van der Waals surface area (Å²) in [5.41, 5.74) is 1.33.